The van der Waals surface area contributed by atoms with E-state index >= 15 is 0 Å². The molecule has 0 spiro atoms. The van der Waals surface area contributed by atoms with Gasteiger partial charge >= 0.3 is 0 Å². The van der Waals surface area contributed by atoms with Crippen LogP contribution in [-0.2, 0) is 4.74 Å². The van der Waals surface area contributed by atoms with Crippen molar-refractivity contribution in [1.29, 1.82) is 0 Å². The number of methoxy groups -OCH3 is 1. The van der Waals surface area contributed by atoms with Crippen molar-refractivity contribution < 1.29 is 4.74 Å². The summed E-state index contributed by atoms with van der Waals surface area (Å²) in [5, 5.41) is 0. The predicted octanol–water partition coefficient (Wildman–Crippen LogP) is 3.26. The van der Waals surface area contributed by atoms with E-state index in [4.69, 9.17) is 16.3 Å². The number of halogens is 1. The first kappa shape index (κ1) is 9.66. The van der Waals surface area contributed by atoms with Crippen molar-refractivity contribution in [2.75, 3.05) is 13.0 Å². The van der Waals surface area contributed by atoms with Gasteiger partial charge in [0.25, 0.3) is 0 Å². The highest BCUT2D eigenvalue weighted by molar-refractivity contribution is 6.19. The van der Waals surface area contributed by atoms with Crippen LogP contribution in [0.3, 0.4) is 0 Å². The van der Waals surface area contributed by atoms with Crippen molar-refractivity contribution in [1.82, 2.24) is 0 Å². The second kappa shape index (κ2) is 3.99. The molecule has 1 nitrogen and oxygen atoms in total. The van der Waals surface area contributed by atoms with Crippen LogP contribution >= 0.6 is 11.6 Å². The third-order valence-corrected chi connectivity index (χ3v) is 2.71. The summed E-state index contributed by atoms with van der Waals surface area (Å²) >= 11 is 5.81. The maximum Gasteiger partial charge on any atom is 0.0988 e. The standard InChI is InChI=1S/C10H15ClO/c1-7-4-8(2)10(12-3)5-9(7)6-11/h4-6H2,1-3H3. The minimum atomic E-state index is 0.631. The van der Waals surface area contributed by atoms with Gasteiger partial charge in [-0.1, -0.05) is 5.57 Å². The first-order chi connectivity index (χ1) is 5.69. The summed E-state index contributed by atoms with van der Waals surface area (Å²) in [6.45, 7) is 4.26. The summed E-state index contributed by atoms with van der Waals surface area (Å²) in [6, 6.07) is 0. The van der Waals surface area contributed by atoms with Gasteiger partial charge in [0.2, 0.25) is 0 Å². The maximum absolute atomic E-state index is 5.81. The molecule has 1 aliphatic rings. The normalized spacial score (nSPS) is 18.7. The third kappa shape index (κ3) is 1.84. The molecule has 0 aromatic rings. The van der Waals surface area contributed by atoms with Crippen LogP contribution < -0.4 is 0 Å². The zero-order valence-corrected chi connectivity index (χ0v) is 8.66. The van der Waals surface area contributed by atoms with E-state index in [1.54, 1.807) is 7.11 Å². The van der Waals surface area contributed by atoms with Crippen molar-refractivity contribution in [3.8, 4) is 0 Å². The van der Waals surface area contributed by atoms with Crippen molar-refractivity contribution in [2.45, 2.75) is 26.7 Å². The Morgan fingerprint density at radius 3 is 2.42 bits per heavy atom. The summed E-state index contributed by atoms with van der Waals surface area (Å²) in [7, 11) is 1.73. The van der Waals surface area contributed by atoms with Crippen molar-refractivity contribution in [2.24, 2.45) is 0 Å². The number of hydrogen-bond donors (Lipinski definition) is 0. The predicted molar refractivity (Wildman–Crippen MR) is 52.4 cm³/mol. The highest BCUT2D eigenvalue weighted by Crippen LogP contribution is 2.30. The second-order valence-corrected chi connectivity index (χ2v) is 3.55. The molecule has 1 aliphatic carbocycles. The molecule has 0 N–H and O–H groups in total. The van der Waals surface area contributed by atoms with E-state index in [0.717, 1.165) is 18.6 Å². The summed E-state index contributed by atoms with van der Waals surface area (Å²) in [5.41, 5.74) is 4.06. The van der Waals surface area contributed by atoms with Gasteiger partial charge in [0.15, 0.2) is 0 Å². The summed E-state index contributed by atoms with van der Waals surface area (Å²) in [6.07, 6.45) is 1.92. The number of allylic oxidation sites excluding steroid dienone is 3. The Morgan fingerprint density at radius 2 is 1.92 bits per heavy atom. The molecule has 0 fully saturated rings. The molecule has 0 unspecified atom stereocenters. The van der Waals surface area contributed by atoms with Gasteiger partial charge in [0.05, 0.1) is 12.9 Å². The fourth-order valence-electron chi connectivity index (χ4n) is 1.52. The fraction of sp³-hybridized carbons (Fsp3) is 0.600. The minimum Gasteiger partial charge on any atom is -0.501 e. The topological polar surface area (TPSA) is 9.23 Å². The Kier molecular flexibility index (Phi) is 3.21. The Labute approximate surface area is 79.1 Å². The lowest BCUT2D eigenvalue weighted by molar-refractivity contribution is 0.275. The molecule has 0 aliphatic heterocycles. The number of alkyl halides is 1. The van der Waals surface area contributed by atoms with Gasteiger partial charge in [-0.25, -0.2) is 0 Å². The summed E-state index contributed by atoms with van der Waals surface area (Å²) < 4.78 is 5.27. The molecule has 0 saturated heterocycles. The summed E-state index contributed by atoms with van der Waals surface area (Å²) in [4.78, 5) is 0. The van der Waals surface area contributed by atoms with Crippen molar-refractivity contribution >= 4 is 11.6 Å². The monoisotopic (exact) mass is 186 g/mol. The number of hydrogen-bond acceptors (Lipinski definition) is 1. The van der Waals surface area contributed by atoms with Crippen LogP contribution in [0.1, 0.15) is 26.7 Å². The van der Waals surface area contributed by atoms with Crippen LogP contribution in [0.2, 0.25) is 0 Å². The Bertz CT molecular complexity index is 214. The van der Waals surface area contributed by atoms with Gasteiger partial charge < -0.3 is 4.74 Å². The molecule has 68 valence electrons. The lowest BCUT2D eigenvalue weighted by Crippen LogP contribution is -2.04. The highest BCUT2D eigenvalue weighted by atomic mass is 35.5. The first-order valence-corrected chi connectivity index (χ1v) is 4.68. The third-order valence-electron chi connectivity index (χ3n) is 2.39. The van der Waals surface area contributed by atoms with E-state index < -0.39 is 0 Å². The maximum atomic E-state index is 5.81. The lowest BCUT2D eigenvalue weighted by Gasteiger charge is -2.20. The van der Waals surface area contributed by atoms with Gasteiger partial charge in [-0.05, 0) is 31.4 Å². The SMILES string of the molecule is COC1=C(C)CC(C)=C(CCl)C1. The van der Waals surface area contributed by atoms with Crippen LogP contribution in [0, 0.1) is 0 Å². The van der Waals surface area contributed by atoms with E-state index in [0.29, 0.717) is 5.88 Å². The van der Waals surface area contributed by atoms with E-state index in [1.807, 2.05) is 0 Å². The van der Waals surface area contributed by atoms with Crippen LogP contribution in [0.5, 0.6) is 0 Å². The second-order valence-electron chi connectivity index (χ2n) is 3.28. The van der Waals surface area contributed by atoms with Gasteiger partial charge in [-0.2, -0.15) is 0 Å². The smallest absolute Gasteiger partial charge is 0.0988 e. The molecule has 0 radical (unpaired) electrons. The average molecular weight is 187 g/mol. The lowest BCUT2D eigenvalue weighted by atomic mass is 9.93. The van der Waals surface area contributed by atoms with Crippen LogP contribution in [0.4, 0.5) is 0 Å². The molecule has 0 bridgehead atoms. The molecule has 0 aromatic heterocycles. The molecule has 0 saturated carbocycles. The Hall–Kier alpha value is -0.430. The molecular formula is C10H15ClO. The van der Waals surface area contributed by atoms with Gasteiger partial charge in [-0.15, -0.1) is 11.6 Å². The minimum absolute atomic E-state index is 0.631. The Morgan fingerprint density at radius 1 is 1.25 bits per heavy atom. The molecule has 0 amide bonds. The summed E-state index contributed by atoms with van der Waals surface area (Å²) in [5.74, 6) is 1.72. The largest absolute Gasteiger partial charge is 0.501 e. The van der Waals surface area contributed by atoms with E-state index in [2.05, 4.69) is 13.8 Å². The van der Waals surface area contributed by atoms with Crippen LogP contribution in [-0.4, -0.2) is 13.0 Å². The van der Waals surface area contributed by atoms with Crippen LogP contribution in [0.25, 0.3) is 0 Å². The molecule has 12 heavy (non-hydrogen) atoms. The molecule has 0 aromatic carbocycles. The number of ether oxygens (including phenoxy) is 1. The average Bonchev–Trinajstić information content (AvgIpc) is 2.05. The molecule has 0 atom stereocenters. The zero-order chi connectivity index (χ0) is 9.14. The zero-order valence-electron chi connectivity index (χ0n) is 7.91. The fourth-order valence-corrected chi connectivity index (χ4v) is 1.85. The van der Waals surface area contributed by atoms with Crippen LogP contribution in [0.15, 0.2) is 22.5 Å². The van der Waals surface area contributed by atoms with Crippen molar-refractivity contribution in [3.63, 3.8) is 0 Å². The molecular weight excluding hydrogens is 172 g/mol. The quantitative estimate of drug-likeness (QED) is 0.475. The molecule has 2 heteroatoms. The molecule has 0 heterocycles. The van der Waals surface area contributed by atoms with E-state index in [1.165, 1.54) is 16.7 Å². The highest BCUT2D eigenvalue weighted by Gasteiger charge is 2.14. The van der Waals surface area contributed by atoms with Gasteiger partial charge in [0, 0.05) is 12.3 Å². The number of rotatable bonds is 2. The first-order valence-electron chi connectivity index (χ1n) is 4.15. The van der Waals surface area contributed by atoms with Gasteiger partial charge in [0.1, 0.15) is 0 Å². The van der Waals surface area contributed by atoms with E-state index in [-0.39, 0.29) is 0 Å². The molecule has 1 rings (SSSR count). The van der Waals surface area contributed by atoms with Crippen molar-refractivity contribution in [3.05, 3.63) is 22.5 Å². The Balaban J connectivity index is 2.79. The van der Waals surface area contributed by atoms with E-state index in [9.17, 15) is 0 Å². The van der Waals surface area contributed by atoms with Gasteiger partial charge in [-0.3, -0.25) is 0 Å².